The van der Waals surface area contributed by atoms with Crippen LogP contribution < -0.4 is 0 Å². The monoisotopic (exact) mass is 776 g/mol. The summed E-state index contributed by atoms with van der Waals surface area (Å²) in [6.07, 6.45) is 6.37. The third-order valence-electron chi connectivity index (χ3n) is 11.2. The van der Waals surface area contributed by atoms with E-state index in [1.807, 2.05) is 62.4 Å². The summed E-state index contributed by atoms with van der Waals surface area (Å²) >= 11 is 0. The number of hydrogen-bond donors (Lipinski definition) is 2. The van der Waals surface area contributed by atoms with Crippen molar-refractivity contribution in [1.29, 1.82) is 0 Å². The largest absolute Gasteiger partial charge is 0.505 e. The highest BCUT2D eigenvalue weighted by Crippen LogP contribution is 2.38. The number of aromatic hydroxyl groups is 2. The van der Waals surface area contributed by atoms with Crippen molar-refractivity contribution in [3.8, 4) is 22.9 Å². The topological polar surface area (TPSA) is 177 Å². The van der Waals surface area contributed by atoms with E-state index in [1.165, 1.54) is 19.4 Å². The lowest BCUT2D eigenvalue weighted by atomic mass is 9.93. The van der Waals surface area contributed by atoms with E-state index < -0.39 is 0 Å². The molecule has 2 aliphatic carbocycles. The van der Waals surface area contributed by atoms with E-state index >= 15 is 0 Å². The van der Waals surface area contributed by atoms with Crippen LogP contribution in [-0.2, 0) is 32.3 Å². The maximum Gasteiger partial charge on any atom is 0.257 e. The van der Waals surface area contributed by atoms with Gasteiger partial charge in [-0.05, 0) is 113 Å². The lowest BCUT2D eigenvalue weighted by molar-refractivity contribution is -0.139. The Morgan fingerprint density at radius 1 is 0.483 bits per heavy atom. The molecular formula is C44H40N8O6. The number of aryl methyl sites for hydroxylation is 2. The smallest absolute Gasteiger partial charge is 0.257 e. The SMILES string of the molecule is Cc1cc(CN2C(=O)C3=C(CCCC3)C2=O)c(O)c(-n2nc3ccccc3n2)c1.Cc1cc(CN2C(=O)C3=C(CCCC3)C2=O)c(O)c(-n2nc3ccccc3n2)c1. The van der Waals surface area contributed by atoms with Crippen molar-refractivity contribution >= 4 is 45.7 Å². The van der Waals surface area contributed by atoms with E-state index in [4.69, 9.17) is 0 Å². The maximum absolute atomic E-state index is 12.8. The standard InChI is InChI=1S/2C22H20N4O3/c2*1-13-10-14(12-25-21(28)15-6-2-3-7-16(15)22(25)29)20(27)19(11-13)26-23-17-8-4-5-9-18(17)24-26/h2*4-5,8-11,27H,2-3,6-7,12H2,1H3. The lowest BCUT2D eigenvalue weighted by Gasteiger charge is -2.18. The van der Waals surface area contributed by atoms with Gasteiger partial charge in [0.05, 0.1) is 13.1 Å². The molecule has 14 nitrogen and oxygen atoms in total. The zero-order chi connectivity index (χ0) is 40.2. The molecule has 292 valence electrons. The van der Waals surface area contributed by atoms with E-state index in [2.05, 4.69) is 20.4 Å². The normalized spacial score (nSPS) is 16.8. The van der Waals surface area contributed by atoms with Crippen molar-refractivity contribution in [2.24, 2.45) is 0 Å². The summed E-state index contributed by atoms with van der Waals surface area (Å²) in [5.41, 5.74) is 9.08. The molecule has 6 aromatic rings. The van der Waals surface area contributed by atoms with Crippen LogP contribution >= 0.6 is 0 Å². The summed E-state index contributed by atoms with van der Waals surface area (Å²) in [5, 5.41) is 39.6. The van der Waals surface area contributed by atoms with Gasteiger partial charge in [0, 0.05) is 33.4 Å². The number of amides is 4. The second-order valence-corrected chi connectivity index (χ2v) is 15.3. The van der Waals surface area contributed by atoms with Crippen LogP contribution in [0, 0.1) is 13.8 Å². The first-order valence-corrected chi connectivity index (χ1v) is 19.5. The first kappa shape index (κ1) is 36.7. The highest BCUT2D eigenvalue weighted by molar-refractivity contribution is 6.20. The van der Waals surface area contributed by atoms with Crippen molar-refractivity contribution in [1.82, 2.24) is 39.8 Å². The molecule has 0 saturated heterocycles. The highest BCUT2D eigenvalue weighted by atomic mass is 16.3. The summed E-state index contributed by atoms with van der Waals surface area (Å²) in [4.78, 5) is 56.3. The third kappa shape index (κ3) is 6.39. The van der Waals surface area contributed by atoms with Crippen LogP contribution in [0.5, 0.6) is 11.5 Å². The molecule has 10 rings (SSSR count). The van der Waals surface area contributed by atoms with Crippen LogP contribution in [0.25, 0.3) is 33.4 Å². The molecule has 4 amide bonds. The number of fused-ring (bicyclic) bond motifs is 2. The van der Waals surface area contributed by atoms with E-state index in [9.17, 15) is 29.4 Å². The van der Waals surface area contributed by atoms with Gasteiger partial charge in [0.1, 0.15) is 44.9 Å². The van der Waals surface area contributed by atoms with E-state index in [0.29, 0.717) is 70.5 Å². The summed E-state index contributed by atoms with van der Waals surface area (Å²) < 4.78 is 0. The number of aromatic nitrogens is 6. The van der Waals surface area contributed by atoms with Crippen molar-refractivity contribution in [3.63, 3.8) is 0 Å². The van der Waals surface area contributed by atoms with Gasteiger partial charge >= 0.3 is 0 Å². The van der Waals surface area contributed by atoms with Crippen molar-refractivity contribution in [2.75, 3.05) is 0 Å². The minimum atomic E-state index is -0.227. The van der Waals surface area contributed by atoms with Gasteiger partial charge in [0.25, 0.3) is 23.6 Å². The van der Waals surface area contributed by atoms with E-state index in [-0.39, 0.29) is 48.2 Å². The van der Waals surface area contributed by atoms with Gasteiger partial charge in [-0.15, -0.1) is 30.0 Å². The zero-order valence-corrected chi connectivity index (χ0v) is 32.1. The molecule has 0 atom stereocenters. The van der Waals surface area contributed by atoms with Crippen LogP contribution in [0.15, 0.2) is 95.1 Å². The Kier molecular flexibility index (Phi) is 9.18. The molecule has 4 heterocycles. The Labute approximate surface area is 332 Å². The second-order valence-electron chi connectivity index (χ2n) is 15.3. The molecule has 14 heteroatoms. The second kappa shape index (κ2) is 14.5. The van der Waals surface area contributed by atoms with E-state index in [1.54, 1.807) is 24.3 Å². The summed E-state index contributed by atoms with van der Waals surface area (Å²) in [7, 11) is 0. The molecule has 0 radical (unpaired) electrons. The van der Waals surface area contributed by atoms with E-state index in [0.717, 1.165) is 58.9 Å². The molecule has 58 heavy (non-hydrogen) atoms. The summed E-state index contributed by atoms with van der Waals surface area (Å²) in [5.74, 6) is -0.960. The Bertz CT molecular complexity index is 2480. The third-order valence-corrected chi connectivity index (χ3v) is 11.2. The fraction of sp³-hybridized carbons (Fsp3) is 0.273. The first-order chi connectivity index (χ1) is 28.0. The number of benzene rings is 4. The molecule has 4 aliphatic rings. The molecule has 0 bridgehead atoms. The molecule has 2 aliphatic heterocycles. The van der Waals surface area contributed by atoms with Crippen LogP contribution in [0.1, 0.15) is 73.6 Å². The molecule has 2 aromatic heterocycles. The van der Waals surface area contributed by atoms with Crippen LogP contribution in [0.3, 0.4) is 0 Å². The van der Waals surface area contributed by atoms with Crippen molar-refractivity contribution < 1.29 is 29.4 Å². The number of phenolic OH excluding ortho intramolecular Hbond substituents is 2. The average molecular weight is 777 g/mol. The number of carbonyl (C=O) groups excluding carboxylic acids is 4. The Morgan fingerprint density at radius 3 is 1.07 bits per heavy atom. The number of hydrogen-bond acceptors (Lipinski definition) is 10. The molecule has 0 spiro atoms. The Morgan fingerprint density at radius 2 is 0.776 bits per heavy atom. The number of imide groups is 2. The van der Waals surface area contributed by atoms with Gasteiger partial charge in [-0.25, -0.2) is 0 Å². The van der Waals surface area contributed by atoms with Crippen molar-refractivity contribution in [3.05, 3.63) is 117 Å². The molecular weight excluding hydrogens is 737 g/mol. The minimum Gasteiger partial charge on any atom is -0.505 e. The van der Waals surface area contributed by atoms with Gasteiger partial charge in [-0.1, -0.05) is 36.4 Å². The molecule has 0 unspecified atom stereocenters. The van der Waals surface area contributed by atoms with Crippen LogP contribution in [0.2, 0.25) is 0 Å². The molecule has 0 saturated carbocycles. The van der Waals surface area contributed by atoms with Gasteiger partial charge < -0.3 is 10.2 Å². The number of phenols is 2. The number of carbonyl (C=O) groups is 4. The Hall–Kier alpha value is -6.96. The maximum atomic E-state index is 12.8. The number of rotatable bonds is 6. The predicted molar refractivity (Wildman–Crippen MR) is 213 cm³/mol. The van der Waals surface area contributed by atoms with Crippen LogP contribution in [-0.4, -0.2) is 73.6 Å². The lowest BCUT2D eigenvalue weighted by Crippen LogP contribution is -2.31. The van der Waals surface area contributed by atoms with Gasteiger partial charge in [-0.3, -0.25) is 29.0 Å². The van der Waals surface area contributed by atoms with Crippen molar-refractivity contribution in [2.45, 2.75) is 78.3 Å². The highest BCUT2D eigenvalue weighted by Gasteiger charge is 2.40. The molecule has 0 fully saturated rings. The number of nitrogens with zero attached hydrogens (tertiary/aromatic N) is 8. The van der Waals surface area contributed by atoms with Gasteiger partial charge in [0.15, 0.2) is 0 Å². The van der Waals surface area contributed by atoms with Gasteiger partial charge in [0.2, 0.25) is 0 Å². The molecule has 4 aromatic carbocycles. The first-order valence-electron chi connectivity index (χ1n) is 19.5. The minimum absolute atomic E-state index is 0.0265. The molecule has 2 N–H and O–H groups in total. The fourth-order valence-electron chi connectivity index (χ4n) is 8.37. The fourth-order valence-corrected chi connectivity index (χ4v) is 8.37. The zero-order valence-electron chi connectivity index (χ0n) is 32.1. The summed E-state index contributed by atoms with van der Waals surface area (Å²) in [6.45, 7) is 3.86. The van der Waals surface area contributed by atoms with Gasteiger partial charge in [-0.2, -0.15) is 0 Å². The Balaban J connectivity index is 0.000000150. The summed E-state index contributed by atoms with van der Waals surface area (Å²) in [6, 6.07) is 22.1. The average Bonchev–Trinajstić information content (AvgIpc) is 3.98. The quantitative estimate of drug-likeness (QED) is 0.181. The predicted octanol–water partition coefficient (Wildman–Crippen LogP) is 6.35. The van der Waals surface area contributed by atoms with Crippen LogP contribution in [0.4, 0.5) is 0 Å².